The van der Waals surface area contributed by atoms with Crippen LogP contribution in [0.4, 0.5) is 0 Å². The van der Waals surface area contributed by atoms with Crippen LogP contribution in [0.2, 0.25) is 0 Å². The van der Waals surface area contributed by atoms with E-state index in [1.54, 1.807) is 0 Å². The Morgan fingerprint density at radius 2 is 2.43 bits per heavy atom. The maximum Gasteiger partial charge on any atom is 0.242 e. The van der Waals surface area contributed by atoms with Crippen molar-refractivity contribution in [2.24, 2.45) is 5.73 Å². The molecular formula is C12H17N3O4S2. The molecule has 1 aliphatic rings. The van der Waals surface area contributed by atoms with Crippen molar-refractivity contribution in [3.05, 3.63) is 24.0 Å². The first-order chi connectivity index (χ1) is 9.90. The highest BCUT2D eigenvalue weighted by Crippen LogP contribution is 2.22. The topological polar surface area (TPSA) is 104 Å². The molecule has 1 aromatic rings. The molecule has 0 radical (unpaired) electrons. The summed E-state index contributed by atoms with van der Waals surface area (Å²) in [6.45, 7) is 0.999. The number of pyridine rings is 1. The molecule has 3 N–H and O–H groups in total. The van der Waals surface area contributed by atoms with Crippen LogP contribution < -0.4 is 10.5 Å². The van der Waals surface area contributed by atoms with Gasteiger partial charge in [0.1, 0.15) is 21.2 Å². The van der Waals surface area contributed by atoms with Crippen LogP contribution in [0, 0.1) is 0 Å². The quantitative estimate of drug-likeness (QED) is 0.696. The van der Waals surface area contributed by atoms with Crippen molar-refractivity contribution in [2.75, 3.05) is 26.9 Å². The highest BCUT2D eigenvalue weighted by molar-refractivity contribution is 7.89. The second kappa shape index (κ2) is 6.32. The number of thiocarbonyl (C=S) groups is 1. The van der Waals surface area contributed by atoms with Gasteiger partial charge in [-0.2, -0.15) is 0 Å². The number of nitrogens with two attached hydrogens (primary N) is 1. The number of methoxy groups -OCH3 is 1. The van der Waals surface area contributed by atoms with Gasteiger partial charge >= 0.3 is 0 Å². The van der Waals surface area contributed by atoms with Gasteiger partial charge in [-0.15, -0.1) is 0 Å². The zero-order valence-electron chi connectivity index (χ0n) is 11.5. The van der Waals surface area contributed by atoms with Crippen molar-refractivity contribution in [1.82, 2.24) is 9.71 Å². The number of sulfonamides is 1. The molecular weight excluding hydrogens is 314 g/mol. The first kappa shape index (κ1) is 16.2. The third-order valence-corrected chi connectivity index (χ3v) is 5.00. The molecule has 0 aromatic carbocycles. The number of hydrogen-bond acceptors (Lipinski definition) is 6. The molecule has 2 rings (SSSR count). The molecule has 21 heavy (non-hydrogen) atoms. The van der Waals surface area contributed by atoms with E-state index in [2.05, 4.69) is 9.71 Å². The summed E-state index contributed by atoms with van der Waals surface area (Å²) in [5.41, 5.74) is 4.95. The zero-order chi connectivity index (χ0) is 15.5. The average Bonchev–Trinajstić information content (AvgIpc) is 2.95. The minimum Gasteiger partial charge on any atom is -0.388 e. The molecule has 0 saturated carbocycles. The van der Waals surface area contributed by atoms with Crippen LogP contribution in [-0.2, 0) is 19.5 Å². The lowest BCUT2D eigenvalue weighted by molar-refractivity contribution is -0.0120. The molecule has 0 spiro atoms. The summed E-state index contributed by atoms with van der Waals surface area (Å²) in [7, 11) is -2.25. The van der Waals surface area contributed by atoms with Crippen LogP contribution in [0.25, 0.3) is 0 Å². The normalized spacial score (nSPS) is 22.3. The highest BCUT2D eigenvalue weighted by atomic mass is 32.2. The van der Waals surface area contributed by atoms with Crippen molar-refractivity contribution in [3.8, 4) is 0 Å². The van der Waals surface area contributed by atoms with E-state index in [0.717, 1.165) is 0 Å². The fourth-order valence-corrected chi connectivity index (χ4v) is 3.57. The lowest BCUT2D eigenvalue weighted by atomic mass is 10.0. The standard InChI is InChI=1S/C12H17N3O4S2/c1-18-12(4-6-19-8-12)7-15-21(16,17)9-3-2-5-14-10(9)11(13)20/h2-3,5,15H,4,6-8H2,1H3,(H2,13,20). The molecule has 1 unspecified atom stereocenters. The van der Waals surface area contributed by atoms with E-state index >= 15 is 0 Å². The lowest BCUT2D eigenvalue weighted by Crippen LogP contribution is -2.45. The highest BCUT2D eigenvalue weighted by Gasteiger charge is 2.36. The monoisotopic (exact) mass is 331 g/mol. The number of hydrogen-bond donors (Lipinski definition) is 2. The predicted octanol–water partition coefficient (Wildman–Crippen LogP) is -0.200. The molecule has 1 aliphatic heterocycles. The summed E-state index contributed by atoms with van der Waals surface area (Å²) in [5, 5.41) is 0. The van der Waals surface area contributed by atoms with Crippen LogP contribution in [0.15, 0.2) is 23.2 Å². The predicted molar refractivity (Wildman–Crippen MR) is 80.5 cm³/mol. The average molecular weight is 331 g/mol. The Balaban J connectivity index is 2.21. The third kappa shape index (κ3) is 3.55. The Labute approximate surface area is 128 Å². The van der Waals surface area contributed by atoms with E-state index in [1.165, 1.54) is 25.4 Å². The summed E-state index contributed by atoms with van der Waals surface area (Å²) in [5.74, 6) is 0. The van der Waals surface area contributed by atoms with Crippen LogP contribution in [0.1, 0.15) is 12.1 Å². The number of nitrogens with one attached hydrogen (secondary N) is 1. The van der Waals surface area contributed by atoms with Gasteiger partial charge in [-0.1, -0.05) is 12.2 Å². The van der Waals surface area contributed by atoms with Gasteiger partial charge in [0, 0.05) is 32.9 Å². The van der Waals surface area contributed by atoms with Crippen molar-refractivity contribution < 1.29 is 17.9 Å². The smallest absolute Gasteiger partial charge is 0.242 e. The molecule has 9 heteroatoms. The molecule has 0 aliphatic carbocycles. The fraction of sp³-hybridized carbons (Fsp3) is 0.500. The summed E-state index contributed by atoms with van der Waals surface area (Å²) < 4.78 is 38.0. The Morgan fingerprint density at radius 1 is 1.67 bits per heavy atom. The van der Waals surface area contributed by atoms with Gasteiger partial charge < -0.3 is 15.2 Å². The molecule has 1 atom stereocenters. The molecule has 0 amide bonds. The van der Waals surface area contributed by atoms with Gasteiger partial charge in [0.25, 0.3) is 0 Å². The largest absolute Gasteiger partial charge is 0.388 e. The molecule has 1 fully saturated rings. The Morgan fingerprint density at radius 3 is 3.00 bits per heavy atom. The first-order valence-electron chi connectivity index (χ1n) is 6.28. The molecule has 1 saturated heterocycles. The second-order valence-corrected chi connectivity index (χ2v) is 6.90. The number of rotatable bonds is 6. The molecule has 1 aromatic heterocycles. The van der Waals surface area contributed by atoms with Crippen LogP contribution in [0.3, 0.4) is 0 Å². The van der Waals surface area contributed by atoms with Crippen LogP contribution in [0.5, 0.6) is 0 Å². The molecule has 7 nitrogen and oxygen atoms in total. The van der Waals surface area contributed by atoms with Crippen molar-refractivity contribution in [3.63, 3.8) is 0 Å². The van der Waals surface area contributed by atoms with E-state index in [1.807, 2.05) is 0 Å². The van der Waals surface area contributed by atoms with Crippen molar-refractivity contribution >= 4 is 27.2 Å². The Hall–Kier alpha value is -1.13. The molecule has 0 bridgehead atoms. The van der Waals surface area contributed by atoms with Crippen LogP contribution >= 0.6 is 12.2 Å². The van der Waals surface area contributed by atoms with E-state index in [0.29, 0.717) is 19.6 Å². The van der Waals surface area contributed by atoms with Gasteiger partial charge in [0.2, 0.25) is 10.0 Å². The van der Waals surface area contributed by atoms with E-state index in [9.17, 15) is 8.42 Å². The van der Waals surface area contributed by atoms with Gasteiger partial charge in [-0.05, 0) is 12.1 Å². The molecule has 2 heterocycles. The van der Waals surface area contributed by atoms with Crippen molar-refractivity contribution in [2.45, 2.75) is 16.9 Å². The lowest BCUT2D eigenvalue weighted by Gasteiger charge is -2.25. The van der Waals surface area contributed by atoms with Gasteiger partial charge in [0.15, 0.2) is 0 Å². The minimum atomic E-state index is -3.79. The fourth-order valence-electron chi connectivity index (χ4n) is 2.06. The minimum absolute atomic E-state index is 0.0392. The second-order valence-electron chi connectivity index (χ2n) is 4.73. The Kier molecular flexibility index (Phi) is 4.89. The maximum atomic E-state index is 12.4. The summed E-state index contributed by atoms with van der Waals surface area (Å²) in [6, 6.07) is 2.93. The van der Waals surface area contributed by atoms with Crippen molar-refractivity contribution in [1.29, 1.82) is 0 Å². The van der Waals surface area contributed by atoms with Gasteiger partial charge in [-0.3, -0.25) is 4.98 Å². The van der Waals surface area contributed by atoms with Gasteiger partial charge in [-0.25, -0.2) is 13.1 Å². The van der Waals surface area contributed by atoms with Crippen LogP contribution in [-0.4, -0.2) is 50.9 Å². The SMILES string of the molecule is COC1(CNS(=O)(=O)c2cccnc2C(N)=S)CCOC1. The third-order valence-electron chi connectivity index (χ3n) is 3.38. The maximum absolute atomic E-state index is 12.4. The number of ether oxygens (including phenoxy) is 2. The summed E-state index contributed by atoms with van der Waals surface area (Å²) in [4.78, 5) is 3.81. The first-order valence-corrected chi connectivity index (χ1v) is 8.17. The molecule has 116 valence electrons. The summed E-state index contributed by atoms with van der Waals surface area (Å²) in [6.07, 6.45) is 2.07. The van der Waals surface area contributed by atoms with E-state index in [4.69, 9.17) is 27.4 Å². The Bertz CT molecular complexity index is 627. The van der Waals surface area contributed by atoms with E-state index in [-0.39, 0.29) is 22.1 Å². The summed E-state index contributed by atoms with van der Waals surface area (Å²) >= 11 is 4.83. The van der Waals surface area contributed by atoms with Gasteiger partial charge in [0.05, 0.1) is 6.61 Å². The number of aromatic nitrogens is 1. The zero-order valence-corrected chi connectivity index (χ0v) is 13.2. The van der Waals surface area contributed by atoms with E-state index < -0.39 is 15.6 Å². The number of nitrogens with zero attached hydrogens (tertiary/aromatic N) is 1.